The minimum atomic E-state index is -0.201. The minimum Gasteiger partial charge on any atom is -0.488 e. The highest BCUT2D eigenvalue weighted by atomic mass is 16.5. The number of aromatic nitrogens is 4. The first-order chi connectivity index (χ1) is 14.1. The number of nitrogens with one attached hydrogen (secondary N) is 2. The topological polar surface area (TPSA) is 128 Å². The molecule has 1 aliphatic carbocycles. The van der Waals surface area contributed by atoms with E-state index in [4.69, 9.17) is 10.5 Å². The summed E-state index contributed by atoms with van der Waals surface area (Å²) in [4.78, 5) is 28.7. The zero-order chi connectivity index (χ0) is 20.2. The molecule has 9 heteroatoms. The van der Waals surface area contributed by atoms with E-state index in [1.807, 2.05) is 6.07 Å². The van der Waals surface area contributed by atoms with Crippen molar-refractivity contribution < 1.29 is 9.53 Å². The normalized spacial score (nSPS) is 18.9. The molecule has 29 heavy (non-hydrogen) atoms. The lowest BCUT2D eigenvalue weighted by molar-refractivity contribution is 0.0962. The van der Waals surface area contributed by atoms with E-state index >= 15 is 0 Å². The number of carbonyl (C=O) groups excluding carboxylic acids is 1. The molecule has 150 valence electrons. The van der Waals surface area contributed by atoms with Gasteiger partial charge in [-0.1, -0.05) is 0 Å². The van der Waals surface area contributed by atoms with Crippen molar-refractivity contribution >= 4 is 28.6 Å². The van der Waals surface area contributed by atoms with Crippen molar-refractivity contribution in [2.75, 3.05) is 18.1 Å². The predicted octanol–water partition coefficient (Wildman–Crippen LogP) is 2.16. The number of carbonyl (C=O) groups is 1. The van der Waals surface area contributed by atoms with Crippen molar-refractivity contribution in [3.05, 3.63) is 42.5 Å². The molecule has 0 radical (unpaired) electrons. The highest BCUT2D eigenvalue weighted by Gasteiger charge is 2.24. The summed E-state index contributed by atoms with van der Waals surface area (Å²) in [6.07, 6.45) is 10.1. The summed E-state index contributed by atoms with van der Waals surface area (Å²) in [6.45, 7) is 0. The Morgan fingerprint density at radius 3 is 2.52 bits per heavy atom. The Kier molecular flexibility index (Phi) is 5.37. The third kappa shape index (κ3) is 4.34. The lowest BCUT2D eigenvalue weighted by atomic mass is 9.93. The molecule has 0 atom stereocenters. The van der Waals surface area contributed by atoms with E-state index in [2.05, 4.69) is 30.6 Å². The molecule has 0 unspecified atom stereocenters. The van der Waals surface area contributed by atoms with Gasteiger partial charge in [0.15, 0.2) is 0 Å². The van der Waals surface area contributed by atoms with Crippen LogP contribution in [0.2, 0.25) is 0 Å². The van der Waals surface area contributed by atoms with Crippen LogP contribution in [0.4, 0.5) is 11.6 Å². The van der Waals surface area contributed by atoms with Gasteiger partial charge in [0.2, 0.25) is 5.95 Å². The standard InChI is InChI=1S/C20H23N7O2/c1-22-19(28)12-10-25-20(26-11-12)27-14-2-4-15(5-3-14)29-17-9-13(21)8-16-18(17)24-7-6-23-16/h6-11,14-15H,2-5,21H2,1H3,(H,22,28)(H,25,26,27). The van der Waals surface area contributed by atoms with Gasteiger partial charge in [-0.25, -0.2) is 15.0 Å². The Bertz CT molecular complexity index is 1000. The number of nitrogens with zero attached hydrogens (tertiary/aromatic N) is 4. The third-order valence-corrected chi connectivity index (χ3v) is 5.00. The Balaban J connectivity index is 1.35. The second-order valence-corrected chi connectivity index (χ2v) is 7.05. The third-order valence-electron chi connectivity index (χ3n) is 5.00. The van der Waals surface area contributed by atoms with Crippen molar-refractivity contribution in [3.8, 4) is 5.75 Å². The van der Waals surface area contributed by atoms with E-state index in [1.165, 1.54) is 12.4 Å². The van der Waals surface area contributed by atoms with Crippen LogP contribution in [0.5, 0.6) is 5.75 Å². The fourth-order valence-corrected chi connectivity index (χ4v) is 3.50. The van der Waals surface area contributed by atoms with Crippen LogP contribution in [-0.2, 0) is 0 Å². The lowest BCUT2D eigenvalue weighted by Crippen LogP contribution is -2.32. The molecule has 1 aliphatic rings. The van der Waals surface area contributed by atoms with Crippen molar-refractivity contribution in [1.82, 2.24) is 25.3 Å². The molecule has 4 N–H and O–H groups in total. The molecular formula is C20H23N7O2. The number of hydrogen-bond donors (Lipinski definition) is 3. The average Bonchev–Trinajstić information content (AvgIpc) is 2.75. The van der Waals surface area contributed by atoms with Crippen LogP contribution < -0.4 is 21.1 Å². The number of amides is 1. The van der Waals surface area contributed by atoms with Gasteiger partial charge in [-0.3, -0.25) is 9.78 Å². The van der Waals surface area contributed by atoms with Crippen molar-refractivity contribution in [2.24, 2.45) is 0 Å². The zero-order valence-corrected chi connectivity index (χ0v) is 16.1. The Morgan fingerprint density at radius 1 is 1.07 bits per heavy atom. The number of benzene rings is 1. The van der Waals surface area contributed by atoms with Crippen molar-refractivity contribution in [3.63, 3.8) is 0 Å². The second-order valence-electron chi connectivity index (χ2n) is 7.05. The molecule has 1 aromatic carbocycles. The molecule has 4 rings (SSSR count). The van der Waals surface area contributed by atoms with Crippen molar-refractivity contribution in [2.45, 2.75) is 37.8 Å². The van der Waals surface area contributed by atoms with E-state index in [1.54, 1.807) is 25.5 Å². The fraction of sp³-hybridized carbons (Fsp3) is 0.350. The van der Waals surface area contributed by atoms with Crippen LogP contribution in [0.3, 0.4) is 0 Å². The summed E-state index contributed by atoms with van der Waals surface area (Å²) < 4.78 is 6.22. The van der Waals surface area contributed by atoms with E-state index in [-0.39, 0.29) is 18.1 Å². The van der Waals surface area contributed by atoms with E-state index in [0.29, 0.717) is 22.9 Å². The SMILES string of the molecule is CNC(=O)c1cnc(NC2CCC(Oc3cc(N)cc4nccnc34)CC2)nc1. The van der Waals surface area contributed by atoms with Crippen LogP contribution in [0.1, 0.15) is 36.0 Å². The maximum absolute atomic E-state index is 11.6. The van der Waals surface area contributed by atoms with Crippen molar-refractivity contribution in [1.29, 1.82) is 0 Å². The summed E-state index contributed by atoms with van der Waals surface area (Å²) in [7, 11) is 1.58. The molecule has 1 fully saturated rings. The molecule has 1 amide bonds. The summed E-state index contributed by atoms with van der Waals surface area (Å²) in [5.74, 6) is 1.00. The molecule has 2 heterocycles. The monoisotopic (exact) mass is 393 g/mol. The number of nitrogens with two attached hydrogens (primary N) is 1. The number of hydrogen-bond acceptors (Lipinski definition) is 8. The van der Waals surface area contributed by atoms with Gasteiger partial charge in [-0.05, 0) is 31.7 Å². The number of nitrogen functional groups attached to an aromatic ring is 1. The Hall–Kier alpha value is -3.49. The van der Waals surface area contributed by atoms with Gasteiger partial charge >= 0.3 is 0 Å². The summed E-state index contributed by atoms with van der Waals surface area (Å²) >= 11 is 0. The average molecular weight is 393 g/mol. The van der Waals surface area contributed by atoms with Gasteiger partial charge in [0.1, 0.15) is 11.3 Å². The smallest absolute Gasteiger partial charge is 0.254 e. The van der Waals surface area contributed by atoms with Crippen LogP contribution in [0, 0.1) is 0 Å². The summed E-state index contributed by atoms with van der Waals surface area (Å²) in [6, 6.07) is 3.87. The number of fused-ring (bicyclic) bond motifs is 1. The first kappa shape index (κ1) is 18.9. The Labute approximate surface area is 168 Å². The number of rotatable bonds is 5. The Morgan fingerprint density at radius 2 is 1.79 bits per heavy atom. The summed E-state index contributed by atoms with van der Waals surface area (Å²) in [5.41, 5.74) is 8.49. The lowest BCUT2D eigenvalue weighted by Gasteiger charge is -2.29. The van der Waals surface area contributed by atoms with Gasteiger partial charge < -0.3 is 21.1 Å². The zero-order valence-electron chi connectivity index (χ0n) is 16.1. The molecule has 0 spiro atoms. The molecule has 0 saturated heterocycles. The van der Waals surface area contributed by atoms with Gasteiger partial charge in [0, 0.05) is 49.6 Å². The molecule has 9 nitrogen and oxygen atoms in total. The van der Waals surface area contributed by atoms with E-state index < -0.39 is 0 Å². The summed E-state index contributed by atoms with van der Waals surface area (Å²) in [5, 5.41) is 5.89. The van der Waals surface area contributed by atoms with E-state index in [9.17, 15) is 4.79 Å². The first-order valence-electron chi connectivity index (χ1n) is 9.60. The van der Waals surface area contributed by atoms with Gasteiger partial charge in [0.25, 0.3) is 5.91 Å². The number of ether oxygens (including phenoxy) is 1. The van der Waals surface area contributed by atoms with Gasteiger partial charge in [-0.15, -0.1) is 0 Å². The van der Waals surface area contributed by atoms with Gasteiger partial charge in [-0.2, -0.15) is 0 Å². The van der Waals surface area contributed by atoms with Crippen LogP contribution in [-0.4, -0.2) is 45.0 Å². The predicted molar refractivity (Wildman–Crippen MR) is 110 cm³/mol. The fourth-order valence-electron chi connectivity index (χ4n) is 3.50. The maximum atomic E-state index is 11.6. The number of anilines is 2. The molecule has 3 aromatic rings. The molecule has 1 saturated carbocycles. The minimum absolute atomic E-state index is 0.0941. The largest absolute Gasteiger partial charge is 0.488 e. The van der Waals surface area contributed by atoms with Crippen LogP contribution >= 0.6 is 0 Å². The first-order valence-corrected chi connectivity index (χ1v) is 9.60. The molecule has 0 aliphatic heterocycles. The maximum Gasteiger partial charge on any atom is 0.254 e. The highest BCUT2D eigenvalue weighted by Crippen LogP contribution is 2.30. The van der Waals surface area contributed by atoms with Crippen LogP contribution in [0.15, 0.2) is 36.9 Å². The molecule has 0 bridgehead atoms. The highest BCUT2D eigenvalue weighted by molar-refractivity contribution is 5.93. The van der Waals surface area contributed by atoms with Crippen LogP contribution in [0.25, 0.3) is 11.0 Å². The quantitative estimate of drug-likeness (QED) is 0.563. The van der Waals surface area contributed by atoms with Gasteiger partial charge in [0.05, 0.1) is 17.2 Å². The molecular weight excluding hydrogens is 370 g/mol. The van der Waals surface area contributed by atoms with E-state index in [0.717, 1.165) is 36.7 Å². The molecule has 2 aromatic heterocycles. The second kappa shape index (κ2) is 8.26.